The quantitative estimate of drug-likeness (QED) is 0.419. The zero-order chi connectivity index (χ0) is 16.5. The van der Waals surface area contributed by atoms with Gasteiger partial charge < -0.3 is 0 Å². The van der Waals surface area contributed by atoms with E-state index in [1.807, 2.05) is 0 Å². The summed E-state index contributed by atoms with van der Waals surface area (Å²) >= 11 is -3.89. The molecule has 0 amide bonds. The van der Waals surface area contributed by atoms with E-state index in [0.29, 0.717) is 0 Å². The SMILES string of the molecule is Br.Br.[SiH2]=[Hf]([C]1=CC=CC1)([C]1=CC=CC1)([c]1ccccc1)[c]1ccccc1. The molecule has 4 rings (SSSR count). The van der Waals surface area contributed by atoms with Gasteiger partial charge in [0.15, 0.2) is 0 Å². The molecule has 26 heavy (non-hydrogen) atoms. The van der Waals surface area contributed by atoms with E-state index in [1.54, 1.807) is 13.3 Å². The van der Waals surface area contributed by atoms with Crippen LogP contribution in [0.2, 0.25) is 0 Å². The van der Waals surface area contributed by atoms with Crippen LogP contribution < -0.4 is 6.64 Å². The van der Waals surface area contributed by atoms with Crippen molar-refractivity contribution in [1.29, 1.82) is 0 Å². The topological polar surface area (TPSA) is 0 Å². The fourth-order valence-corrected chi connectivity index (χ4v) is 34.7. The van der Waals surface area contributed by atoms with Crippen LogP contribution in [0.1, 0.15) is 12.8 Å². The molecule has 0 N–H and O–H groups in total. The number of rotatable bonds is 4. The van der Waals surface area contributed by atoms with Crippen molar-refractivity contribution in [2.24, 2.45) is 0 Å². The first-order valence-corrected chi connectivity index (χ1v) is 24.1. The minimum atomic E-state index is -3.89. The standard InChI is InChI=1S/2C6H5.2C5H5.2BrH.Hf.H2Si/c2*1-2-4-6-5-3-1;2*1-2-4-5-3-1;;;;/h2*1-5H;2*1-3H,4H2;2*1H;;1H2. The average molecular weight is 655 g/mol. The Bertz CT molecular complexity index is 875. The van der Waals surface area contributed by atoms with Gasteiger partial charge in [0.25, 0.3) is 0 Å². The van der Waals surface area contributed by atoms with Gasteiger partial charge in [-0.3, -0.25) is 0 Å². The summed E-state index contributed by atoms with van der Waals surface area (Å²) in [6.07, 6.45) is 16.2. The molecule has 0 aliphatic heterocycles. The molecule has 0 aromatic heterocycles. The summed E-state index contributed by atoms with van der Waals surface area (Å²) < 4.78 is 6.50. The monoisotopic (exact) mass is 654 g/mol. The zero-order valence-electron chi connectivity index (χ0n) is 14.7. The molecule has 0 nitrogen and oxygen atoms in total. The fraction of sp³-hybridized carbons (Fsp3) is 0.0909. The van der Waals surface area contributed by atoms with Gasteiger partial charge in [0.05, 0.1) is 0 Å². The second kappa shape index (κ2) is 8.64. The molecule has 0 atom stereocenters. The molecule has 0 saturated carbocycles. The van der Waals surface area contributed by atoms with Crippen LogP contribution in [0.25, 0.3) is 0 Å². The van der Waals surface area contributed by atoms with Crippen molar-refractivity contribution in [2.75, 3.05) is 0 Å². The molecule has 0 fully saturated rings. The summed E-state index contributed by atoms with van der Waals surface area (Å²) in [7, 11) is 0. The van der Waals surface area contributed by atoms with Crippen molar-refractivity contribution in [3.63, 3.8) is 0 Å². The van der Waals surface area contributed by atoms with Crippen LogP contribution >= 0.6 is 34.0 Å². The van der Waals surface area contributed by atoms with Crippen LogP contribution in [0.5, 0.6) is 0 Å². The van der Waals surface area contributed by atoms with E-state index < -0.39 is 17.1 Å². The molecule has 2 aliphatic rings. The first-order valence-electron chi connectivity index (χ1n) is 8.61. The Labute approximate surface area is 179 Å². The number of benzene rings is 2. The normalized spacial score (nSPS) is 15.7. The molecule has 0 bridgehead atoms. The summed E-state index contributed by atoms with van der Waals surface area (Å²) in [5.41, 5.74) is 0. The second-order valence-electron chi connectivity index (χ2n) is 6.84. The van der Waals surface area contributed by atoms with Crippen LogP contribution in [0.3, 0.4) is 0 Å². The van der Waals surface area contributed by atoms with E-state index in [0.717, 1.165) is 12.8 Å². The van der Waals surface area contributed by atoms with Gasteiger partial charge >= 0.3 is 147 Å². The summed E-state index contributed by atoms with van der Waals surface area (Å²) in [5, 5.41) is 0. The fourth-order valence-electron chi connectivity index (χ4n) is 4.44. The Morgan fingerprint density at radius 3 is 1.31 bits per heavy atom. The third kappa shape index (κ3) is 3.13. The summed E-state index contributed by atoms with van der Waals surface area (Å²) in [4.78, 5) is 0. The molecule has 2 aliphatic carbocycles. The number of allylic oxidation sites excluding steroid dienone is 8. The van der Waals surface area contributed by atoms with Gasteiger partial charge in [0.1, 0.15) is 0 Å². The van der Waals surface area contributed by atoms with Gasteiger partial charge in [-0.1, -0.05) is 0 Å². The summed E-state index contributed by atoms with van der Waals surface area (Å²) in [5.74, 6) is 0. The van der Waals surface area contributed by atoms with Crippen LogP contribution in [0, 0.1) is 0 Å². The molecular weight excluding hydrogens is 631 g/mol. The zero-order valence-corrected chi connectivity index (χ0v) is 23.1. The minimum absolute atomic E-state index is 0. The first kappa shape index (κ1) is 21.7. The Kier molecular flexibility index (Phi) is 7.22. The first-order chi connectivity index (χ1) is 11.7. The molecule has 0 saturated heterocycles. The molecule has 4 heteroatoms. The summed E-state index contributed by atoms with van der Waals surface area (Å²) in [6.45, 7) is 2.35. The van der Waals surface area contributed by atoms with Gasteiger partial charge in [-0.05, 0) is 0 Å². The molecule has 2 aromatic carbocycles. The van der Waals surface area contributed by atoms with E-state index in [1.165, 1.54) is 0 Å². The van der Waals surface area contributed by atoms with Crippen molar-refractivity contribution in [3.05, 3.63) is 104 Å². The van der Waals surface area contributed by atoms with Crippen molar-refractivity contribution >= 4 is 47.5 Å². The molecule has 0 spiro atoms. The van der Waals surface area contributed by atoms with Crippen molar-refractivity contribution in [3.8, 4) is 0 Å². The van der Waals surface area contributed by atoms with Gasteiger partial charge in [0.2, 0.25) is 0 Å². The third-order valence-corrected chi connectivity index (χ3v) is 44.3. The predicted molar refractivity (Wildman–Crippen MR) is 125 cm³/mol. The molecule has 134 valence electrons. The van der Waals surface area contributed by atoms with E-state index in [9.17, 15) is 0 Å². The maximum atomic E-state index is 2.42. The predicted octanol–water partition coefficient (Wildman–Crippen LogP) is 4.72. The Morgan fingerprint density at radius 2 is 1.00 bits per heavy atom. The molecule has 0 unspecified atom stereocenters. The summed E-state index contributed by atoms with van der Waals surface area (Å²) in [6, 6.07) is 22.7. The molecule has 2 aromatic rings. The Morgan fingerprint density at radius 1 is 0.615 bits per heavy atom. The van der Waals surface area contributed by atoms with E-state index in [2.05, 4.69) is 104 Å². The molecular formula is C22H24Br2HfSi. The average Bonchev–Trinajstić information content (AvgIpc) is 3.37. The van der Waals surface area contributed by atoms with E-state index in [-0.39, 0.29) is 34.0 Å². The van der Waals surface area contributed by atoms with E-state index in [4.69, 9.17) is 0 Å². The van der Waals surface area contributed by atoms with Crippen molar-refractivity contribution in [1.82, 2.24) is 0 Å². The third-order valence-electron chi connectivity index (χ3n) is 5.78. The van der Waals surface area contributed by atoms with Gasteiger partial charge in [-0.25, -0.2) is 0 Å². The van der Waals surface area contributed by atoms with Crippen LogP contribution in [0.4, 0.5) is 0 Å². The van der Waals surface area contributed by atoms with Gasteiger partial charge in [-0.15, -0.1) is 34.0 Å². The van der Waals surface area contributed by atoms with Crippen molar-refractivity contribution in [2.45, 2.75) is 12.8 Å². The number of halogens is 2. The Hall–Kier alpha value is -0.553. The van der Waals surface area contributed by atoms with Crippen molar-refractivity contribution < 1.29 is 17.1 Å². The van der Waals surface area contributed by atoms with Gasteiger partial charge in [0, 0.05) is 0 Å². The van der Waals surface area contributed by atoms with Crippen LogP contribution in [-0.4, -0.2) is 6.94 Å². The maximum absolute atomic E-state index is 3.89. The molecule has 0 radical (unpaired) electrons. The van der Waals surface area contributed by atoms with Crippen LogP contribution in [-0.2, 0) is 17.1 Å². The number of hydrogen-bond acceptors (Lipinski definition) is 0. The Balaban J connectivity index is 0.00000121. The van der Waals surface area contributed by atoms with E-state index >= 15 is 0 Å². The number of hydrogen-bond donors (Lipinski definition) is 0. The molecule has 0 heterocycles. The van der Waals surface area contributed by atoms with Crippen LogP contribution in [0.15, 0.2) is 104 Å². The second-order valence-corrected chi connectivity index (χ2v) is 37.6. The van der Waals surface area contributed by atoms with Gasteiger partial charge in [-0.2, -0.15) is 0 Å².